The van der Waals surface area contributed by atoms with Gasteiger partial charge in [0, 0.05) is 37.5 Å². The summed E-state index contributed by atoms with van der Waals surface area (Å²) in [7, 11) is 1.68. The molecular formula is C16H19N5OS. The fourth-order valence-corrected chi connectivity index (χ4v) is 3.04. The van der Waals surface area contributed by atoms with E-state index in [1.165, 1.54) is 11.5 Å². The lowest BCUT2D eigenvalue weighted by Gasteiger charge is -2.17. The summed E-state index contributed by atoms with van der Waals surface area (Å²) in [6.45, 7) is 2.74. The van der Waals surface area contributed by atoms with Gasteiger partial charge in [-0.1, -0.05) is 18.2 Å². The number of hydrogen-bond donors (Lipinski definition) is 1. The van der Waals surface area contributed by atoms with Crippen molar-refractivity contribution >= 4 is 16.7 Å². The number of ether oxygens (including phenoxy) is 1. The Morgan fingerprint density at radius 1 is 1.30 bits per heavy atom. The molecule has 0 radical (unpaired) electrons. The minimum atomic E-state index is 0.0959. The molecule has 2 aromatic heterocycles. The Kier molecular flexibility index (Phi) is 4.99. The first-order valence-corrected chi connectivity index (χ1v) is 8.22. The molecule has 0 bridgehead atoms. The molecule has 0 aliphatic heterocycles. The Morgan fingerprint density at radius 2 is 2.17 bits per heavy atom. The smallest absolute Gasteiger partial charge is 0.203 e. The van der Waals surface area contributed by atoms with Crippen LogP contribution in [0.1, 0.15) is 24.4 Å². The maximum atomic E-state index is 5.06. The highest BCUT2D eigenvalue weighted by molar-refractivity contribution is 7.09. The first-order chi connectivity index (χ1) is 11.3. The molecule has 1 unspecified atom stereocenters. The average Bonchev–Trinajstić information content (AvgIpc) is 3.25. The predicted octanol–water partition coefficient (Wildman–Crippen LogP) is 3.09. The Morgan fingerprint density at radius 3 is 2.96 bits per heavy atom. The van der Waals surface area contributed by atoms with E-state index in [4.69, 9.17) is 4.74 Å². The van der Waals surface area contributed by atoms with Gasteiger partial charge in [-0.25, -0.2) is 9.67 Å². The molecule has 0 amide bonds. The van der Waals surface area contributed by atoms with E-state index in [-0.39, 0.29) is 6.04 Å². The molecule has 0 fully saturated rings. The lowest BCUT2D eigenvalue weighted by molar-refractivity contribution is 0.201. The summed E-state index contributed by atoms with van der Waals surface area (Å²) < 4.78 is 11.3. The monoisotopic (exact) mass is 329 g/mol. The zero-order valence-corrected chi connectivity index (χ0v) is 14.0. The third kappa shape index (κ3) is 3.75. The molecule has 120 valence electrons. The fourth-order valence-electron chi connectivity index (χ4n) is 2.34. The van der Waals surface area contributed by atoms with Crippen LogP contribution in [0.4, 0.5) is 5.13 Å². The van der Waals surface area contributed by atoms with Gasteiger partial charge in [0.05, 0.1) is 18.3 Å². The highest BCUT2D eigenvalue weighted by Crippen LogP contribution is 2.25. The van der Waals surface area contributed by atoms with Crippen molar-refractivity contribution in [3.63, 3.8) is 0 Å². The minimum absolute atomic E-state index is 0.0959. The molecule has 0 saturated heterocycles. The summed E-state index contributed by atoms with van der Waals surface area (Å²) in [6, 6.07) is 10.2. The summed E-state index contributed by atoms with van der Waals surface area (Å²) in [5, 5.41) is 8.56. The third-order valence-electron chi connectivity index (χ3n) is 3.49. The highest BCUT2D eigenvalue weighted by Gasteiger charge is 2.14. The number of nitrogens with one attached hydrogen (secondary N) is 1. The molecule has 7 heteroatoms. The topological polar surface area (TPSA) is 64.9 Å². The van der Waals surface area contributed by atoms with Crippen LogP contribution < -0.4 is 5.32 Å². The molecule has 3 aromatic rings. The van der Waals surface area contributed by atoms with Crippen molar-refractivity contribution in [1.29, 1.82) is 0 Å². The largest absolute Gasteiger partial charge is 0.384 e. The molecule has 1 aromatic carbocycles. The van der Waals surface area contributed by atoms with Crippen LogP contribution in [-0.2, 0) is 11.2 Å². The second kappa shape index (κ2) is 7.34. The zero-order valence-electron chi connectivity index (χ0n) is 13.1. The highest BCUT2D eigenvalue weighted by atomic mass is 32.1. The summed E-state index contributed by atoms with van der Waals surface area (Å²) in [4.78, 5) is 4.50. The van der Waals surface area contributed by atoms with Gasteiger partial charge in [0.2, 0.25) is 5.13 Å². The van der Waals surface area contributed by atoms with E-state index in [1.807, 2.05) is 29.1 Å². The molecule has 1 N–H and O–H groups in total. The lowest BCUT2D eigenvalue weighted by Crippen LogP contribution is -2.10. The summed E-state index contributed by atoms with van der Waals surface area (Å²) >= 11 is 1.38. The van der Waals surface area contributed by atoms with Gasteiger partial charge in [-0.15, -0.1) is 0 Å². The summed E-state index contributed by atoms with van der Waals surface area (Å²) in [5.41, 5.74) is 2.21. The Hall–Kier alpha value is -2.25. The maximum absolute atomic E-state index is 5.06. The van der Waals surface area contributed by atoms with Crippen LogP contribution >= 0.6 is 11.5 Å². The number of benzene rings is 1. The average molecular weight is 329 g/mol. The van der Waals surface area contributed by atoms with Crippen molar-refractivity contribution < 1.29 is 4.74 Å². The molecule has 1 atom stereocenters. The van der Waals surface area contributed by atoms with Gasteiger partial charge >= 0.3 is 0 Å². The first kappa shape index (κ1) is 15.6. The Balaban J connectivity index is 1.76. The number of rotatable bonds is 7. The second-order valence-electron chi connectivity index (χ2n) is 5.13. The second-order valence-corrected chi connectivity index (χ2v) is 5.89. The van der Waals surface area contributed by atoms with Gasteiger partial charge in [0.25, 0.3) is 0 Å². The van der Waals surface area contributed by atoms with Crippen molar-refractivity contribution in [3.05, 3.63) is 54.1 Å². The molecule has 23 heavy (non-hydrogen) atoms. The Bertz CT molecular complexity index is 741. The molecule has 0 aliphatic rings. The van der Waals surface area contributed by atoms with Crippen molar-refractivity contribution in [2.24, 2.45) is 0 Å². The molecular weight excluding hydrogens is 310 g/mol. The van der Waals surface area contributed by atoms with Crippen molar-refractivity contribution in [2.45, 2.75) is 19.4 Å². The van der Waals surface area contributed by atoms with Crippen LogP contribution in [0.2, 0.25) is 0 Å². The number of aromatic nitrogens is 4. The van der Waals surface area contributed by atoms with Crippen LogP contribution in [0.15, 0.2) is 42.7 Å². The zero-order chi connectivity index (χ0) is 16.1. The van der Waals surface area contributed by atoms with Crippen LogP contribution in [0.5, 0.6) is 0 Å². The number of nitrogens with zero attached hydrogens (tertiary/aromatic N) is 4. The van der Waals surface area contributed by atoms with E-state index < -0.39 is 0 Å². The van der Waals surface area contributed by atoms with Crippen LogP contribution in [0, 0.1) is 0 Å². The van der Waals surface area contributed by atoms with Crippen LogP contribution in [-0.4, -0.2) is 32.9 Å². The SMILES string of the molecule is COCCc1nsc(NC(C)c2ccccc2-n2cccn2)n1. The number of hydrogen-bond acceptors (Lipinski definition) is 6. The van der Waals surface area contributed by atoms with Gasteiger partial charge in [0.1, 0.15) is 5.82 Å². The fraction of sp³-hybridized carbons (Fsp3) is 0.312. The Labute approximate surface area is 139 Å². The van der Waals surface area contributed by atoms with E-state index in [1.54, 1.807) is 13.3 Å². The standard InChI is InChI=1S/C16H19N5OS/c1-12(18-16-19-15(20-23-16)8-11-22-2)13-6-3-4-7-14(13)21-10-5-9-17-21/h3-7,9-10,12H,8,11H2,1-2H3,(H,18,19,20). The summed E-state index contributed by atoms with van der Waals surface area (Å²) in [5.74, 6) is 0.812. The van der Waals surface area contributed by atoms with Crippen molar-refractivity contribution in [1.82, 2.24) is 19.1 Å². The van der Waals surface area contributed by atoms with Gasteiger partial charge < -0.3 is 10.1 Å². The van der Waals surface area contributed by atoms with Gasteiger partial charge in [-0.05, 0) is 24.6 Å². The molecule has 3 rings (SSSR count). The van der Waals surface area contributed by atoms with Gasteiger partial charge in [-0.2, -0.15) is 9.47 Å². The van der Waals surface area contributed by atoms with Crippen LogP contribution in [0.3, 0.4) is 0 Å². The first-order valence-electron chi connectivity index (χ1n) is 7.45. The molecule has 0 aliphatic carbocycles. The van der Waals surface area contributed by atoms with Crippen molar-refractivity contribution in [3.8, 4) is 5.69 Å². The van der Waals surface area contributed by atoms with Gasteiger partial charge in [-0.3, -0.25) is 0 Å². The normalized spacial score (nSPS) is 12.3. The summed E-state index contributed by atoms with van der Waals surface area (Å²) in [6.07, 6.45) is 4.45. The number of para-hydroxylation sites is 1. The molecule has 2 heterocycles. The van der Waals surface area contributed by atoms with Gasteiger partial charge in [0.15, 0.2) is 0 Å². The third-order valence-corrected chi connectivity index (χ3v) is 4.18. The number of methoxy groups -OCH3 is 1. The maximum Gasteiger partial charge on any atom is 0.203 e. The van der Waals surface area contributed by atoms with E-state index in [9.17, 15) is 0 Å². The minimum Gasteiger partial charge on any atom is -0.384 e. The molecule has 0 saturated carbocycles. The van der Waals surface area contributed by atoms with Crippen LogP contribution in [0.25, 0.3) is 5.69 Å². The van der Waals surface area contributed by atoms with E-state index in [0.717, 1.165) is 28.6 Å². The molecule has 0 spiro atoms. The lowest BCUT2D eigenvalue weighted by atomic mass is 10.1. The number of anilines is 1. The van der Waals surface area contributed by atoms with E-state index >= 15 is 0 Å². The molecule has 6 nitrogen and oxygen atoms in total. The quantitative estimate of drug-likeness (QED) is 0.721. The van der Waals surface area contributed by atoms with Crippen molar-refractivity contribution in [2.75, 3.05) is 19.0 Å². The van der Waals surface area contributed by atoms with E-state index in [0.29, 0.717) is 6.61 Å². The van der Waals surface area contributed by atoms with E-state index in [2.05, 4.69) is 38.8 Å². The predicted molar refractivity (Wildman–Crippen MR) is 91.1 cm³/mol.